The molecule has 0 aliphatic rings. The molecule has 0 aliphatic carbocycles. The molecule has 674 valence electrons. The van der Waals surface area contributed by atoms with Crippen LogP contribution < -0.4 is 15.3 Å². The second-order valence-corrected chi connectivity index (χ2v) is 36.3. The Kier molecular flexibility index (Phi) is 96.9. The van der Waals surface area contributed by atoms with Crippen molar-refractivity contribution in [3.05, 3.63) is 0 Å². The van der Waals surface area contributed by atoms with Crippen molar-refractivity contribution in [1.29, 1.82) is 0 Å². The molecule has 0 unspecified atom stereocenters. The molecule has 0 aromatic carbocycles. The van der Waals surface area contributed by atoms with Crippen molar-refractivity contribution in [3.63, 3.8) is 0 Å². The molecular formula is C102H209N3O7. The van der Waals surface area contributed by atoms with E-state index in [-0.39, 0.29) is 0 Å². The van der Waals surface area contributed by atoms with Crippen LogP contribution in [0.3, 0.4) is 0 Å². The van der Waals surface area contributed by atoms with Crippen LogP contribution in [0.1, 0.15) is 558 Å². The average Bonchev–Trinajstić information content (AvgIpc) is 1.37. The molecule has 0 aromatic rings. The maximum Gasteiger partial charge on any atom is 0.114 e. The predicted molar refractivity (Wildman–Crippen MR) is 489 cm³/mol. The fraction of sp³-hybridized carbons (Fsp3) is 0.971. The number of carboxylic acids is 3. The van der Waals surface area contributed by atoms with E-state index in [2.05, 4.69) is 83.1 Å². The molecule has 0 radical (unpaired) electrons. The minimum Gasteiger partial charge on any atom is -0.550 e. The molecule has 0 aliphatic heterocycles. The zero-order valence-corrected chi connectivity index (χ0v) is 79.0. The molecular weight excluding hydrogens is 1380 g/mol. The number of carboxylic acid groups (broad SMARTS) is 3. The number of nitrogens with zero attached hydrogens (tertiary/aromatic N) is 3. The Morgan fingerprint density at radius 1 is 0.179 bits per heavy atom. The maximum atomic E-state index is 10.1. The number of hydrogen-bond acceptors (Lipinski definition) is 7. The highest BCUT2D eigenvalue weighted by Gasteiger charge is 2.31. The standard InChI is InChI=1S/3C32H68N.C6H8O7/c3*1-5-9-13-17-21-25-29-33(30-26-22-18-14-10-6-2,31-27-23-19-15-11-7-3)32-28-24-20-16-12-8-4;7-3(8)1-6(13,5(11)12)2-4(9)10/h3*5-32H2,1-4H3;13H,1-2H2,(H,7,8)(H,9,10)(H,11,12)/q3*+1;/p-3. The van der Waals surface area contributed by atoms with E-state index in [9.17, 15) is 29.7 Å². The number of carbonyl (C=O) groups excluding carboxylic acids is 3. The van der Waals surface area contributed by atoms with Crippen LogP contribution in [0.15, 0.2) is 0 Å². The molecule has 0 rings (SSSR count). The van der Waals surface area contributed by atoms with E-state index in [0.717, 1.165) is 0 Å². The van der Waals surface area contributed by atoms with Crippen LogP contribution in [0.2, 0.25) is 0 Å². The first-order valence-corrected chi connectivity index (χ1v) is 51.4. The molecule has 10 heteroatoms. The van der Waals surface area contributed by atoms with Gasteiger partial charge >= 0.3 is 0 Å². The molecule has 112 heavy (non-hydrogen) atoms. The van der Waals surface area contributed by atoms with Gasteiger partial charge in [-0.2, -0.15) is 0 Å². The van der Waals surface area contributed by atoms with Gasteiger partial charge in [-0.25, -0.2) is 0 Å². The number of aliphatic hydroxyl groups is 1. The van der Waals surface area contributed by atoms with E-state index in [0.29, 0.717) is 0 Å². The normalized spacial score (nSPS) is 11.9. The summed E-state index contributed by atoms with van der Waals surface area (Å²) in [6, 6.07) is 0. The summed E-state index contributed by atoms with van der Waals surface area (Å²) >= 11 is 0. The Bertz CT molecular complexity index is 1440. The van der Waals surface area contributed by atoms with E-state index in [1.165, 1.54) is 554 Å². The maximum absolute atomic E-state index is 10.1. The number of hydrogen-bond donors (Lipinski definition) is 1. The van der Waals surface area contributed by atoms with E-state index in [1.807, 2.05) is 0 Å². The average molecular weight is 1590 g/mol. The minimum atomic E-state index is -2.97. The highest BCUT2D eigenvalue weighted by molar-refractivity contribution is 5.86. The van der Waals surface area contributed by atoms with Crippen molar-refractivity contribution in [2.75, 3.05) is 78.5 Å². The summed E-state index contributed by atoms with van der Waals surface area (Å²) in [4.78, 5) is 30.0. The summed E-state index contributed by atoms with van der Waals surface area (Å²) in [5, 5.41) is 38.9. The Morgan fingerprint density at radius 3 is 0.348 bits per heavy atom. The van der Waals surface area contributed by atoms with Gasteiger partial charge in [-0.1, -0.05) is 391 Å². The zero-order chi connectivity index (χ0) is 83.5. The van der Waals surface area contributed by atoms with E-state index < -0.39 is 36.4 Å². The molecule has 0 spiro atoms. The Hall–Kier alpha value is -1.75. The van der Waals surface area contributed by atoms with Crippen molar-refractivity contribution in [2.45, 2.75) is 564 Å². The molecule has 0 amide bonds. The lowest BCUT2D eigenvalue weighted by molar-refractivity contribution is -0.929. The van der Waals surface area contributed by atoms with Gasteiger partial charge in [0.1, 0.15) is 5.60 Å². The molecule has 0 saturated heterocycles. The lowest BCUT2D eigenvalue weighted by Gasteiger charge is -2.40. The summed E-state index contributed by atoms with van der Waals surface area (Å²) in [6.07, 6.45) is 102. The summed E-state index contributed by atoms with van der Waals surface area (Å²) in [5.74, 6) is -5.98. The second kappa shape index (κ2) is 93.1. The van der Waals surface area contributed by atoms with Crippen molar-refractivity contribution in [3.8, 4) is 0 Å². The lowest BCUT2D eigenvalue weighted by atomic mass is 9.96. The lowest BCUT2D eigenvalue weighted by Crippen LogP contribution is -2.54. The third-order valence-corrected chi connectivity index (χ3v) is 25.1. The molecule has 0 fully saturated rings. The van der Waals surface area contributed by atoms with Crippen LogP contribution in [-0.2, 0) is 14.4 Å². The van der Waals surface area contributed by atoms with Gasteiger partial charge in [0, 0.05) is 24.8 Å². The van der Waals surface area contributed by atoms with Crippen LogP contribution >= 0.6 is 0 Å². The third-order valence-electron chi connectivity index (χ3n) is 25.1. The van der Waals surface area contributed by atoms with Crippen LogP contribution in [-0.4, -0.2) is 121 Å². The topological polar surface area (TPSA) is 141 Å². The monoisotopic (exact) mass is 1590 g/mol. The second-order valence-electron chi connectivity index (χ2n) is 36.3. The quantitative estimate of drug-likeness (QED) is 0.0472. The predicted octanol–water partition coefficient (Wildman–Crippen LogP) is 28.5. The fourth-order valence-corrected chi connectivity index (χ4v) is 17.4. The van der Waals surface area contributed by atoms with Gasteiger partial charge in [0.2, 0.25) is 0 Å². The van der Waals surface area contributed by atoms with Crippen molar-refractivity contribution < 1.29 is 48.3 Å². The van der Waals surface area contributed by atoms with Crippen LogP contribution in [0.5, 0.6) is 0 Å². The number of quaternary nitrogens is 3. The van der Waals surface area contributed by atoms with Gasteiger partial charge in [-0.05, 0) is 154 Å². The van der Waals surface area contributed by atoms with E-state index in [1.54, 1.807) is 0 Å². The third kappa shape index (κ3) is 83.3. The summed E-state index contributed by atoms with van der Waals surface area (Å²) in [5.41, 5.74) is -2.97. The smallest absolute Gasteiger partial charge is 0.114 e. The SMILES string of the molecule is CCCCCCCC[N+](CCCCCCCC)(CCCCCCCC)CCCCCCCC.CCCCCCCC[N+](CCCCCCCC)(CCCCCCCC)CCCCCCCC.CCCCCCCC[N+](CCCCCCCC)(CCCCCCCC)CCCCCCCC.O=C([O-])CC(O)(CC(=O)[O-])C(=O)[O-]. The molecule has 0 bridgehead atoms. The molecule has 0 heterocycles. The first-order chi connectivity index (χ1) is 54.5. The summed E-state index contributed by atoms with van der Waals surface area (Å²) in [7, 11) is 0. The van der Waals surface area contributed by atoms with Gasteiger partial charge in [-0.15, -0.1) is 0 Å². The molecule has 1 N–H and O–H groups in total. The highest BCUT2D eigenvalue weighted by atomic mass is 16.4. The first-order valence-electron chi connectivity index (χ1n) is 51.4. The van der Waals surface area contributed by atoms with Crippen molar-refractivity contribution >= 4 is 17.9 Å². The molecule has 0 atom stereocenters. The van der Waals surface area contributed by atoms with Gasteiger partial charge in [0.15, 0.2) is 0 Å². The van der Waals surface area contributed by atoms with Crippen LogP contribution in [0.4, 0.5) is 0 Å². The Labute approximate surface area is 704 Å². The van der Waals surface area contributed by atoms with Crippen molar-refractivity contribution in [2.24, 2.45) is 0 Å². The zero-order valence-electron chi connectivity index (χ0n) is 79.0. The summed E-state index contributed by atoms with van der Waals surface area (Å²) < 4.78 is 4.43. The highest BCUT2D eigenvalue weighted by Crippen LogP contribution is 2.26. The first kappa shape index (κ1) is 117. The number of rotatable bonds is 89. The van der Waals surface area contributed by atoms with Gasteiger partial charge in [-0.3, -0.25) is 0 Å². The molecule has 0 saturated carbocycles. The minimum absolute atomic E-state index is 1.36. The van der Waals surface area contributed by atoms with Crippen molar-refractivity contribution in [1.82, 2.24) is 0 Å². The van der Waals surface area contributed by atoms with Gasteiger partial charge in [0.05, 0.1) is 84.5 Å². The number of carbonyl (C=O) groups is 3. The van der Waals surface area contributed by atoms with Crippen LogP contribution in [0, 0.1) is 0 Å². The van der Waals surface area contributed by atoms with E-state index in [4.69, 9.17) is 5.11 Å². The van der Waals surface area contributed by atoms with Crippen LogP contribution in [0.25, 0.3) is 0 Å². The van der Waals surface area contributed by atoms with E-state index >= 15 is 0 Å². The molecule has 10 nitrogen and oxygen atoms in total. The van der Waals surface area contributed by atoms with Gasteiger partial charge in [0.25, 0.3) is 0 Å². The number of unbranched alkanes of at least 4 members (excludes halogenated alkanes) is 60. The largest absolute Gasteiger partial charge is 0.550 e. The van der Waals surface area contributed by atoms with Gasteiger partial charge < -0.3 is 48.3 Å². The Balaban J connectivity index is -0.000000722. The Morgan fingerprint density at radius 2 is 0.268 bits per heavy atom. The summed E-state index contributed by atoms with van der Waals surface area (Å²) in [6.45, 7) is 45.8. The fourth-order valence-electron chi connectivity index (χ4n) is 17.4. The number of aliphatic carboxylic acids is 3. The molecule has 0 aromatic heterocycles.